The lowest BCUT2D eigenvalue weighted by atomic mass is 9.92. The Morgan fingerprint density at radius 3 is 2.37 bits per heavy atom. The zero-order valence-corrected chi connectivity index (χ0v) is 13.7. The number of carbonyl (C=O) groups excluding carboxylic acids is 1. The van der Waals surface area contributed by atoms with E-state index < -0.39 is 5.54 Å². The van der Waals surface area contributed by atoms with Crippen LogP contribution in [-0.2, 0) is 9.53 Å². The fourth-order valence-electron chi connectivity index (χ4n) is 2.44. The van der Waals surface area contributed by atoms with E-state index in [9.17, 15) is 4.79 Å². The van der Waals surface area contributed by atoms with E-state index in [-0.39, 0.29) is 12.0 Å². The van der Waals surface area contributed by atoms with Gasteiger partial charge in [0.15, 0.2) is 0 Å². The van der Waals surface area contributed by atoms with Gasteiger partial charge in [0.1, 0.15) is 5.54 Å². The molecule has 0 saturated carbocycles. The van der Waals surface area contributed by atoms with Crippen molar-refractivity contribution in [3.05, 3.63) is 0 Å². The van der Waals surface area contributed by atoms with Crippen molar-refractivity contribution in [2.45, 2.75) is 71.5 Å². The zero-order valence-electron chi connectivity index (χ0n) is 13.7. The third-order valence-electron chi connectivity index (χ3n) is 3.56. The molecule has 0 spiro atoms. The van der Waals surface area contributed by atoms with Crippen LogP contribution in [0.4, 0.5) is 0 Å². The molecule has 4 heteroatoms. The van der Waals surface area contributed by atoms with Crippen molar-refractivity contribution in [1.82, 2.24) is 10.2 Å². The van der Waals surface area contributed by atoms with Crippen LogP contribution >= 0.6 is 0 Å². The molecular weight excluding hydrogens is 240 g/mol. The number of esters is 1. The van der Waals surface area contributed by atoms with Gasteiger partial charge in [-0.2, -0.15) is 0 Å². The minimum absolute atomic E-state index is 0.183. The van der Waals surface area contributed by atoms with Crippen LogP contribution in [0.2, 0.25) is 0 Å². The van der Waals surface area contributed by atoms with Gasteiger partial charge >= 0.3 is 5.97 Å². The van der Waals surface area contributed by atoms with E-state index in [0.717, 1.165) is 13.0 Å². The summed E-state index contributed by atoms with van der Waals surface area (Å²) >= 11 is 0. The van der Waals surface area contributed by atoms with E-state index in [1.165, 1.54) is 20.0 Å². The average Bonchev–Trinajstić information content (AvgIpc) is 2.33. The number of rotatable bonds is 9. The quantitative estimate of drug-likeness (QED) is 0.655. The van der Waals surface area contributed by atoms with Gasteiger partial charge in [-0.25, -0.2) is 0 Å². The highest BCUT2D eigenvalue weighted by Gasteiger charge is 2.36. The predicted octanol–water partition coefficient (Wildman–Crippen LogP) is 2.43. The van der Waals surface area contributed by atoms with Gasteiger partial charge in [0.25, 0.3) is 0 Å². The van der Waals surface area contributed by atoms with E-state index in [1.807, 2.05) is 20.8 Å². The number of carbonyl (C=O) groups is 1. The highest BCUT2D eigenvalue weighted by molar-refractivity contribution is 5.80. The molecule has 2 unspecified atom stereocenters. The molecule has 0 aliphatic carbocycles. The molecule has 0 aromatic rings. The van der Waals surface area contributed by atoms with Crippen LogP contribution in [-0.4, -0.2) is 49.2 Å². The van der Waals surface area contributed by atoms with Gasteiger partial charge in [0, 0.05) is 12.1 Å². The fourth-order valence-corrected chi connectivity index (χ4v) is 2.44. The average molecular weight is 272 g/mol. The smallest absolute Gasteiger partial charge is 0.325 e. The molecule has 2 atom stereocenters. The normalized spacial score (nSPS) is 16.5. The Labute approximate surface area is 118 Å². The maximum absolute atomic E-state index is 12.0. The molecule has 0 aromatic heterocycles. The lowest BCUT2D eigenvalue weighted by Gasteiger charge is -2.35. The molecule has 0 fully saturated rings. The first-order valence-electron chi connectivity index (χ1n) is 7.33. The Balaban J connectivity index is 4.67. The summed E-state index contributed by atoms with van der Waals surface area (Å²) in [6.07, 6.45) is 3.13. The molecule has 19 heavy (non-hydrogen) atoms. The third kappa shape index (κ3) is 6.39. The molecule has 0 bridgehead atoms. The van der Waals surface area contributed by atoms with Crippen molar-refractivity contribution in [2.24, 2.45) is 0 Å². The second-order valence-electron chi connectivity index (χ2n) is 6.01. The predicted molar refractivity (Wildman–Crippen MR) is 80.3 cm³/mol. The molecule has 0 radical (unpaired) electrons. The molecule has 0 amide bonds. The van der Waals surface area contributed by atoms with Crippen molar-refractivity contribution < 1.29 is 9.53 Å². The second-order valence-corrected chi connectivity index (χ2v) is 6.01. The molecule has 0 heterocycles. The van der Waals surface area contributed by atoms with Gasteiger partial charge in [-0.15, -0.1) is 0 Å². The van der Waals surface area contributed by atoms with Crippen LogP contribution < -0.4 is 5.32 Å². The van der Waals surface area contributed by atoms with E-state index in [4.69, 9.17) is 4.74 Å². The summed E-state index contributed by atoms with van der Waals surface area (Å²) in [5.41, 5.74) is -0.622. The highest BCUT2D eigenvalue weighted by atomic mass is 16.5. The third-order valence-corrected chi connectivity index (χ3v) is 3.56. The monoisotopic (exact) mass is 272 g/mol. The molecule has 0 saturated heterocycles. The SMILES string of the molecule is CCCCN(C)C(C)CC(C)(NC(C)C)C(=O)OC. The molecular formula is C15H32N2O2. The summed E-state index contributed by atoms with van der Waals surface area (Å²) in [5.74, 6) is -0.183. The summed E-state index contributed by atoms with van der Waals surface area (Å²) < 4.78 is 4.96. The van der Waals surface area contributed by atoms with Gasteiger partial charge in [-0.05, 0) is 54.1 Å². The number of hydrogen-bond donors (Lipinski definition) is 1. The number of hydrogen-bond acceptors (Lipinski definition) is 4. The van der Waals surface area contributed by atoms with Crippen molar-refractivity contribution in [3.63, 3.8) is 0 Å². The maximum atomic E-state index is 12.0. The first kappa shape index (κ1) is 18.4. The Kier molecular flexibility index (Phi) is 8.26. The summed E-state index contributed by atoms with van der Waals surface area (Å²) in [6, 6.07) is 0.583. The molecule has 0 aliphatic heterocycles. The molecule has 1 N–H and O–H groups in total. The van der Waals surface area contributed by atoms with Crippen LogP contribution in [0.25, 0.3) is 0 Å². The summed E-state index contributed by atoms with van der Waals surface area (Å²) in [4.78, 5) is 14.4. The van der Waals surface area contributed by atoms with Crippen LogP contribution in [0.3, 0.4) is 0 Å². The van der Waals surface area contributed by atoms with Crippen molar-refractivity contribution in [2.75, 3.05) is 20.7 Å². The van der Waals surface area contributed by atoms with Gasteiger partial charge in [0.05, 0.1) is 7.11 Å². The molecule has 0 rings (SSSR count). The van der Waals surface area contributed by atoms with Gasteiger partial charge < -0.3 is 9.64 Å². The number of nitrogens with one attached hydrogen (secondary N) is 1. The highest BCUT2D eigenvalue weighted by Crippen LogP contribution is 2.18. The Hall–Kier alpha value is -0.610. The minimum Gasteiger partial charge on any atom is -0.468 e. The number of unbranched alkanes of at least 4 members (excludes halogenated alkanes) is 1. The maximum Gasteiger partial charge on any atom is 0.325 e. The second kappa shape index (κ2) is 8.54. The number of nitrogens with zero attached hydrogens (tertiary/aromatic N) is 1. The Morgan fingerprint density at radius 1 is 1.37 bits per heavy atom. The van der Waals surface area contributed by atoms with Gasteiger partial charge in [-0.3, -0.25) is 10.1 Å². The zero-order chi connectivity index (χ0) is 15.1. The van der Waals surface area contributed by atoms with Crippen molar-refractivity contribution >= 4 is 5.97 Å². The van der Waals surface area contributed by atoms with E-state index in [0.29, 0.717) is 6.04 Å². The standard InChI is InChI=1S/C15H32N2O2/c1-8-9-10-17(6)13(4)11-15(5,14(18)19-7)16-12(2)3/h12-13,16H,8-11H2,1-7H3. The molecule has 4 nitrogen and oxygen atoms in total. The Bertz CT molecular complexity index is 269. The molecule has 0 aliphatic rings. The lowest BCUT2D eigenvalue weighted by Crippen LogP contribution is -2.55. The number of methoxy groups -OCH3 is 1. The molecule has 114 valence electrons. The van der Waals surface area contributed by atoms with E-state index in [2.05, 4.69) is 31.1 Å². The summed E-state index contributed by atoms with van der Waals surface area (Å²) in [6.45, 7) is 11.5. The summed E-state index contributed by atoms with van der Waals surface area (Å²) in [7, 11) is 3.57. The van der Waals surface area contributed by atoms with Crippen molar-refractivity contribution in [1.29, 1.82) is 0 Å². The largest absolute Gasteiger partial charge is 0.468 e. The molecule has 0 aromatic carbocycles. The first-order chi connectivity index (χ1) is 8.76. The van der Waals surface area contributed by atoms with Crippen LogP contribution in [0.1, 0.15) is 53.9 Å². The van der Waals surface area contributed by atoms with E-state index >= 15 is 0 Å². The van der Waals surface area contributed by atoms with E-state index in [1.54, 1.807) is 0 Å². The first-order valence-corrected chi connectivity index (χ1v) is 7.33. The topological polar surface area (TPSA) is 41.6 Å². The minimum atomic E-state index is -0.622. The van der Waals surface area contributed by atoms with Crippen molar-refractivity contribution in [3.8, 4) is 0 Å². The number of ether oxygens (including phenoxy) is 1. The summed E-state index contributed by atoms with van der Waals surface area (Å²) in [5, 5.41) is 3.35. The fraction of sp³-hybridized carbons (Fsp3) is 0.933. The van der Waals surface area contributed by atoms with Gasteiger partial charge in [0.2, 0.25) is 0 Å². The van der Waals surface area contributed by atoms with Crippen LogP contribution in [0.5, 0.6) is 0 Å². The lowest BCUT2D eigenvalue weighted by molar-refractivity contribution is -0.149. The van der Waals surface area contributed by atoms with Gasteiger partial charge in [-0.1, -0.05) is 13.3 Å². The van der Waals surface area contributed by atoms with Crippen LogP contribution in [0, 0.1) is 0 Å². The Morgan fingerprint density at radius 2 is 1.95 bits per heavy atom. The van der Waals surface area contributed by atoms with Crippen LogP contribution in [0.15, 0.2) is 0 Å².